The van der Waals surface area contributed by atoms with E-state index in [1.807, 2.05) is 0 Å². The zero-order valence-electron chi connectivity index (χ0n) is 9.93. The van der Waals surface area contributed by atoms with Crippen LogP contribution in [0.5, 0.6) is 0 Å². The van der Waals surface area contributed by atoms with E-state index < -0.39 is 10.0 Å². The summed E-state index contributed by atoms with van der Waals surface area (Å²) in [7, 11) is -3.45. The van der Waals surface area contributed by atoms with Gasteiger partial charge in [-0.3, -0.25) is 0 Å². The standard InChI is InChI=1S/C11H17BrN2O2S2/c12-8-6-7-17-11(8)18(15,16)14-10-5-3-1-2-4-9(10)13/h6-7,9-10,14H,1-5,13H2. The lowest BCUT2D eigenvalue weighted by atomic mass is 10.1. The Morgan fingerprint density at radius 3 is 2.72 bits per heavy atom. The van der Waals surface area contributed by atoms with Gasteiger partial charge in [0.05, 0.1) is 0 Å². The van der Waals surface area contributed by atoms with Gasteiger partial charge < -0.3 is 5.73 Å². The summed E-state index contributed by atoms with van der Waals surface area (Å²) in [5, 5.41) is 1.76. The molecule has 7 heteroatoms. The van der Waals surface area contributed by atoms with Crippen LogP contribution in [0.4, 0.5) is 0 Å². The van der Waals surface area contributed by atoms with E-state index in [0.29, 0.717) is 8.68 Å². The number of rotatable bonds is 3. The molecule has 1 saturated carbocycles. The van der Waals surface area contributed by atoms with E-state index in [2.05, 4.69) is 20.7 Å². The Labute approximate surface area is 120 Å². The fourth-order valence-electron chi connectivity index (χ4n) is 2.21. The van der Waals surface area contributed by atoms with Crippen LogP contribution in [0, 0.1) is 0 Å². The number of thiophene rings is 1. The molecule has 0 saturated heterocycles. The zero-order chi connectivity index (χ0) is 13.2. The van der Waals surface area contributed by atoms with Crippen LogP contribution in [0.25, 0.3) is 0 Å². The van der Waals surface area contributed by atoms with E-state index in [4.69, 9.17) is 5.73 Å². The number of nitrogens with two attached hydrogens (primary N) is 1. The van der Waals surface area contributed by atoms with Gasteiger partial charge in [0.25, 0.3) is 10.0 Å². The molecule has 0 bridgehead atoms. The Hall–Kier alpha value is 0.0500. The molecule has 2 atom stereocenters. The molecular formula is C11H17BrN2O2S2. The Balaban J connectivity index is 2.15. The van der Waals surface area contributed by atoms with Crippen molar-refractivity contribution in [3.8, 4) is 0 Å². The van der Waals surface area contributed by atoms with Crippen molar-refractivity contribution in [1.29, 1.82) is 0 Å². The molecule has 2 rings (SSSR count). The molecule has 1 heterocycles. The highest BCUT2D eigenvalue weighted by atomic mass is 79.9. The van der Waals surface area contributed by atoms with E-state index in [1.165, 1.54) is 11.3 Å². The quantitative estimate of drug-likeness (QED) is 0.820. The second-order valence-corrected chi connectivity index (χ2v) is 8.27. The van der Waals surface area contributed by atoms with Crippen molar-refractivity contribution in [3.05, 3.63) is 15.9 Å². The third-order valence-electron chi connectivity index (χ3n) is 3.20. The van der Waals surface area contributed by atoms with Gasteiger partial charge in [-0.25, -0.2) is 13.1 Å². The van der Waals surface area contributed by atoms with Gasteiger partial charge in [-0.05, 0) is 40.2 Å². The molecule has 1 aromatic heterocycles. The summed E-state index contributed by atoms with van der Waals surface area (Å²) in [5.41, 5.74) is 6.04. The van der Waals surface area contributed by atoms with Crippen LogP contribution in [0.1, 0.15) is 32.1 Å². The number of hydrogen-bond acceptors (Lipinski definition) is 4. The minimum Gasteiger partial charge on any atom is -0.326 e. The predicted octanol–water partition coefficient (Wildman–Crippen LogP) is 2.45. The molecule has 0 aromatic carbocycles. The second-order valence-electron chi connectivity index (χ2n) is 4.59. The first kappa shape index (κ1) is 14.5. The average Bonchev–Trinajstić information content (AvgIpc) is 2.64. The van der Waals surface area contributed by atoms with Gasteiger partial charge in [0, 0.05) is 16.6 Å². The number of sulfonamides is 1. The van der Waals surface area contributed by atoms with Crippen LogP contribution in [0.2, 0.25) is 0 Å². The Bertz CT molecular complexity index is 501. The topological polar surface area (TPSA) is 72.2 Å². The molecule has 3 N–H and O–H groups in total. The normalized spacial score (nSPS) is 25.9. The minimum absolute atomic E-state index is 0.0824. The van der Waals surface area contributed by atoms with Gasteiger partial charge in [-0.15, -0.1) is 11.3 Å². The molecule has 1 fully saturated rings. The molecular weight excluding hydrogens is 336 g/mol. The van der Waals surface area contributed by atoms with E-state index in [1.54, 1.807) is 11.4 Å². The molecule has 2 unspecified atom stereocenters. The minimum atomic E-state index is -3.45. The molecule has 4 nitrogen and oxygen atoms in total. The van der Waals surface area contributed by atoms with Gasteiger partial charge in [-0.1, -0.05) is 19.3 Å². The maximum absolute atomic E-state index is 12.3. The summed E-state index contributed by atoms with van der Waals surface area (Å²) in [4.78, 5) is 0. The number of nitrogens with one attached hydrogen (secondary N) is 1. The lowest BCUT2D eigenvalue weighted by Gasteiger charge is -2.22. The Morgan fingerprint density at radius 2 is 2.06 bits per heavy atom. The van der Waals surface area contributed by atoms with Crippen molar-refractivity contribution in [1.82, 2.24) is 4.72 Å². The third-order valence-corrected chi connectivity index (χ3v) is 7.36. The first-order valence-corrected chi connectivity index (χ1v) is 9.17. The van der Waals surface area contributed by atoms with Crippen molar-refractivity contribution < 1.29 is 8.42 Å². The van der Waals surface area contributed by atoms with Gasteiger partial charge in [0.15, 0.2) is 0 Å². The highest BCUT2D eigenvalue weighted by Crippen LogP contribution is 2.28. The summed E-state index contributed by atoms with van der Waals surface area (Å²) >= 11 is 4.47. The monoisotopic (exact) mass is 352 g/mol. The van der Waals surface area contributed by atoms with Gasteiger partial charge >= 0.3 is 0 Å². The maximum Gasteiger partial charge on any atom is 0.251 e. The first-order valence-electron chi connectivity index (χ1n) is 6.01. The SMILES string of the molecule is NC1CCCCCC1NS(=O)(=O)c1sccc1Br. The van der Waals surface area contributed by atoms with Crippen molar-refractivity contribution in [2.24, 2.45) is 5.73 Å². The molecule has 102 valence electrons. The molecule has 18 heavy (non-hydrogen) atoms. The van der Waals surface area contributed by atoms with Crippen molar-refractivity contribution in [3.63, 3.8) is 0 Å². The fourth-order valence-corrected chi connectivity index (χ4v) is 5.88. The molecule has 0 amide bonds. The highest BCUT2D eigenvalue weighted by Gasteiger charge is 2.27. The van der Waals surface area contributed by atoms with Gasteiger partial charge in [0.2, 0.25) is 0 Å². The van der Waals surface area contributed by atoms with Crippen molar-refractivity contribution in [2.75, 3.05) is 0 Å². The van der Waals surface area contributed by atoms with Crippen LogP contribution >= 0.6 is 27.3 Å². The average molecular weight is 353 g/mol. The fraction of sp³-hybridized carbons (Fsp3) is 0.636. The molecule has 0 radical (unpaired) electrons. The zero-order valence-corrected chi connectivity index (χ0v) is 13.2. The third kappa shape index (κ3) is 3.33. The summed E-state index contributed by atoms with van der Waals surface area (Å²) in [5.74, 6) is 0. The van der Waals surface area contributed by atoms with E-state index in [-0.39, 0.29) is 12.1 Å². The largest absolute Gasteiger partial charge is 0.326 e. The van der Waals surface area contributed by atoms with Crippen LogP contribution < -0.4 is 10.5 Å². The van der Waals surface area contributed by atoms with Crippen molar-refractivity contribution >= 4 is 37.3 Å². The first-order chi connectivity index (χ1) is 8.50. The summed E-state index contributed by atoms with van der Waals surface area (Å²) in [6, 6.07) is 1.51. The van der Waals surface area contributed by atoms with Crippen LogP contribution in [-0.4, -0.2) is 20.5 Å². The predicted molar refractivity (Wildman–Crippen MR) is 77.2 cm³/mol. The van der Waals surface area contributed by atoms with E-state index >= 15 is 0 Å². The van der Waals surface area contributed by atoms with Crippen LogP contribution in [0.15, 0.2) is 20.1 Å². The summed E-state index contributed by atoms with van der Waals surface area (Å²) < 4.78 is 28.2. The summed E-state index contributed by atoms with van der Waals surface area (Å²) in [6.07, 6.45) is 4.96. The molecule has 0 aliphatic heterocycles. The number of hydrogen-bond donors (Lipinski definition) is 2. The Kier molecular flexibility index (Phi) is 4.82. The lowest BCUT2D eigenvalue weighted by molar-refractivity contribution is 0.456. The molecule has 1 aliphatic carbocycles. The maximum atomic E-state index is 12.3. The highest BCUT2D eigenvalue weighted by molar-refractivity contribution is 9.10. The Morgan fingerprint density at radius 1 is 1.33 bits per heavy atom. The smallest absolute Gasteiger partial charge is 0.251 e. The van der Waals surface area contributed by atoms with E-state index in [9.17, 15) is 8.42 Å². The lowest BCUT2D eigenvalue weighted by Crippen LogP contribution is -2.46. The number of halogens is 1. The molecule has 1 aliphatic rings. The summed E-state index contributed by atoms with van der Waals surface area (Å²) in [6.45, 7) is 0. The molecule has 1 aromatic rings. The van der Waals surface area contributed by atoms with Gasteiger partial charge in [-0.2, -0.15) is 0 Å². The second kappa shape index (κ2) is 6.00. The van der Waals surface area contributed by atoms with Gasteiger partial charge in [0.1, 0.15) is 4.21 Å². The van der Waals surface area contributed by atoms with E-state index in [0.717, 1.165) is 32.1 Å². The van der Waals surface area contributed by atoms with Crippen LogP contribution in [-0.2, 0) is 10.0 Å². The van der Waals surface area contributed by atoms with Crippen LogP contribution in [0.3, 0.4) is 0 Å². The van der Waals surface area contributed by atoms with Crippen molar-refractivity contribution in [2.45, 2.75) is 48.4 Å². The molecule has 0 spiro atoms.